The third kappa shape index (κ3) is 4.00. The Labute approximate surface area is 175 Å². The summed E-state index contributed by atoms with van der Waals surface area (Å²) in [5.41, 5.74) is 2.74. The Morgan fingerprint density at radius 3 is 2.87 bits per heavy atom. The first-order valence-electron chi connectivity index (χ1n) is 10.2. The van der Waals surface area contributed by atoms with Crippen LogP contribution in [0, 0.1) is 5.92 Å². The van der Waals surface area contributed by atoms with Crippen LogP contribution in [0.1, 0.15) is 37.8 Å². The molecular weight excluding hydrogens is 382 g/mol. The summed E-state index contributed by atoms with van der Waals surface area (Å²) in [6.45, 7) is 1.95. The number of rotatable bonds is 4. The van der Waals surface area contributed by atoms with Gasteiger partial charge in [0, 0.05) is 35.9 Å². The zero-order chi connectivity index (χ0) is 21.1. The van der Waals surface area contributed by atoms with Gasteiger partial charge in [0.25, 0.3) is 0 Å². The molecule has 1 atom stereocenters. The number of hydrazine groups is 1. The van der Waals surface area contributed by atoms with Crippen molar-refractivity contribution in [3.8, 4) is 0 Å². The highest BCUT2D eigenvalue weighted by atomic mass is 19.3. The molecule has 0 bridgehead atoms. The summed E-state index contributed by atoms with van der Waals surface area (Å²) in [5.74, 6) is 6.80. The lowest BCUT2D eigenvalue weighted by atomic mass is 9.94. The van der Waals surface area contributed by atoms with Crippen LogP contribution in [0.4, 0.5) is 8.78 Å². The molecule has 156 valence electrons. The fraction of sp³-hybridized carbons (Fsp3) is 0.292. The van der Waals surface area contributed by atoms with Crippen molar-refractivity contribution >= 4 is 27.4 Å². The number of allylic oxidation sites excluding steroid dienone is 4. The molecule has 3 heterocycles. The van der Waals surface area contributed by atoms with Gasteiger partial charge in [-0.3, -0.25) is 9.55 Å². The normalized spacial score (nSPS) is 21.0. The van der Waals surface area contributed by atoms with Gasteiger partial charge in [-0.15, -0.1) is 6.58 Å². The summed E-state index contributed by atoms with van der Waals surface area (Å²) < 4.78 is 28.9. The topological polar surface area (TPSA) is 47.1 Å². The standard InChI is InChI=1S/C24H26F2N4/c1-2-5-17-6-3-4-7-19(16-29(27)13-11-17)18-8-9-20-21-15-28-12-10-22(21)30(24(25)26)23(20)14-18/h2,4,7-10,12,14-17,24H,1,3,5-6,11,13,27H2/b7-4-,19-16+. The van der Waals surface area contributed by atoms with Gasteiger partial charge < -0.3 is 5.01 Å². The molecule has 0 fully saturated rings. The molecule has 0 amide bonds. The molecule has 3 aromatic rings. The molecular formula is C24H26F2N4. The Bertz CT molecular complexity index is 1110. The van der Waals surface area contributed by atoms with E-state index in [2.05, 4.69) is 17.6 Å². The molecule has 0 saturated heterocycles. The van der Waals surface area contributed by atoms with E-state index in [1.807, 2.05) is 36.6 Å². The van der Waals surface area contributed by atoms with E-state index >= 15 is 0 Å². The number of hydrogen-bond donors (Lipinski definition) is 1. The second-order valence-electron chi connectivity index (χ2n) is 7.75. The number of nitrogens with two attached hydrogens (primary N) is 1. The second kappa shape index (κ2) is 8.79. The van der Waals surface area contributed by atoms with Crippen molar-refractivity contribution in [3.05, 3.63) is 73.2 Å². The van der Waals surface area contributed by atoms with Crippen molar-refractivity contribution in [2.45, 2.75) is 32.2 Å². The lowest BCUT2D eigenvalue weighted by Crippen LogP contribution is -2.28. The zero-order valence-electron chi connectivity index (χ0n) is 16.8. The Kier molecular flexibility index (Phi) is 5.95. The molecule has 1 aliphatic rings. The van der Waals surface area contributed by atoms with Crippen LogP contribution in [0.25, 0.3) is 27.4 Å². The monoisotopic (exact) mass is 408 g/mol. The number of fused-ring (bicyclic) bond motifs is 3. The third-order valence-corrected chi connectivity index (χ3v) is 5.77. The van der Waals surface area contributed by atoms with E-state index < -0.39 is 6.55 Å². The SMILES string of the molecule is C=CCC1CC/C=C\C(c2ccc3c4cnccc4n(C(F)F)c3c2)=C/N(N)CC1. The molecule has 30 heavy (non-hydrogen) atoms. The van der Waals surface area contributed by atoms with E-state index in [0.29, 0.717) is 17.0 Å². The van der Waals surface area contributed by atoms with Crippen molar-refractivity contribution in [1.82, 2.24) is 14.6 Å². The highest BCUT2D eigenvalue weighted by Crippen LogP contribution is 2.34. The molecule has 6 heteroatoms. The lowest BCUT2D eigenvalue weighted by molar-refractivity contribution is 0.0796. The van der Waals surface area contributed by atoms with Gasteiger partial charge in [0.15, 0.2) is 0 Å². The van der Waals surface area contributed by atoms with Gasteiger partial charge >= 0.3 is 6.55 Å². The Hall–Kier alpha value is -2.99. The van der Waals surface area contributed by atoms with Crippen LogP contribution in [0.15, 0.2) is 67.7 Å². The molecule has 4 rings (SSSR count). The van der Waals surface area contributed by atoms with Crippen LogP contribution in [0.3, 0.4) is 0 Å². The first-order chi connectivity index (χ1) is 14.6. The molecule has 4 nitrogen and oxygen atoms in total. The molecule has 0 radical (unpaired) electrons. The zero-order valence-corrected chi connectivity index (χ0v) is 16.8. The third-order valence-electron chi connectivity index (χ3n) is 5.77. The van der Waals surface area contributed by atoms with Crippen molar-refractivity contribution in [2.75, 3.05) is 6.54 Å². The summed E-state index contributed by atoms with van der Waals surface area (Å²) in [5, 5.41) is 3.18. The predicted octanol–water partition coefficient (Wildman–Crippen LogP) is 6.03. The molecule has 2 N–H and O–H groups in total. The van der Waals surface area contributed by atoms with E-state index in [1.165, 1.54) is 0 Å². The maximum Gasteiger partial charge on any atom is 0.319 e. The number of pyridine rings is 1. The minimum Gasteiger partial charge on any atom is -0.318 e. The van der Waals surface area contributed by atoms with Crippen molar-refractivity contribution in [1.29, 1.82) is 0 Å². The molecule has 1 aliphatic heterocycles. The van der Waals surface area contributed by atoms with E-state index in [9.17, 15) is 8.78 Å². The van der Waals surface area contributed by atoms with Crippen molar-refractivity contribution in [3.63, 3.8) is 0 Å². The van der Waals surface area contributed by atoms with Gasteiger partial charge in [-0.1, -0.05) is 30.4 Å². The number of nitrogens with zero attached hydrogens (tertiary/aromatic N) is 3. The van der Waals surface area contributed by atoms with Gasteiger partial charge in [-0.05, 0) is 54.9 Å². The molecule has 1 unspecified atom stereocenters. The smallest absolute Gasteiger partial charge is 0.318 e. The lowest BCUT2D eigenvalue weighted by Gasteiger charge is -2.21. The van der Waals surface area contributed by atoms with Crippen molar-refractivity contribution < 1.29 is 8.78 Å². The summed E-state index contributed by atoms with van der Waals surface area (Å²) >= 11 is 0. The number of aromatic nitrogens is 2. The second-order valence-corrected chi connectivity index (χ2v) is 7.75. The highest BCUT2D eigenvalue weighted by Gasteiger charge is 2.18. The maximum absolute atomic E-state index is 13.9. The van der Waals surface area contributed by atoms with Gasteiger partial charge in [0.05, 0.1) is 11.0 Å². The van der Waals surface area contributed by atoms with E-state index in [4.69, 9.17) is 5.84 Å². The van der Waals surface area contributed by atoms with Crippen LogP contribution < -0.4 is 5.84 Å². The molecule has 0 saturated carbocycles. The van der Waals surface area contributed by atoms with Crippen LogP contribution in [-0.2, 0) is 0 Å². The number of hydrogen-bond acceptors (Lipinski definition) is 3. The van der Waals surface area contributed by atoms with Crippen molar-refractivity contribution in [2.24, 2.45) is 11.8 Å². The molecule has 0 aliphatic carbocycles. The predicted molar refractivity (Wildman–Crippen MR) is 119 cm³/mol. The Morgan fingerprint density at radius 1 is 1.20 bits per heavy atom. The fourth-order valence-electron chi connectivity index (χ4n) is 4.23. The first-order valence-corrected chi connectivity index (χ1v) is 10.2. The van der Waals surface area contributed by atoms with E-state index in [-0.39, 0.29) is 0 Å². The molecule has 2 aromatic heterocycles. The summed E-state index contributed by atoms with van der Waals surface area (Å²) in [6.07, 6.45) is 15.2. The fourth-order valence-corrected chi connectivity index (χ4v) is 4.23. The molecule has 0 spiro atoms. The van der Waals surface area contributed by atoms with Crippen LogP contribution >= 0.6 is 0 Å². The number of benzene rings is 1. The van der Waals surface area contributed by atoms with E-state index in [0.717, 1.165) is 58.7 Å². The molecule has 1 aromatic carbocycles. The average Bonchev–Trinajstić information content (AvgIpc) is 3.07. The number of halogens is 2. The average molecular weight is 408 g/mol. The summed E-state index contributed by atoms with van der Waals surface area (Å²) in [4.78, 5) is 4.11. The summed E-state index contributed by atoms with van der Waals surface area (Å²) in [7, 11) is 0. The van der Waals surface area contributed by atoms with E-state index in [1.54, 1.807) is 23.5 Å². The minimum absolute atomic E-state index is 0.483. The largest absolute Gasteiger partial charge is 0.319 e. The highest BCUT2D eigenvalue weighted by molar-refractivity contribution is 6.08. The summed E-state index contributed by atoms with van der Waals surface area (Å²) in [6, 6.07) is 7.30. The Morgan fingerprint density at radius 2 is 2.07 bits per heavy atom. The maximum atomic E-state index is 13.9. The van der Waals surface area contributed by atoms with Crippen LogP contribution in [-0.4, -0.2) is 21.1 Å². The van der Waals surface area contributed by atoms with Crippen LogP contribution in [0.2, 0.25) is 0 Å². The first kappa shape index (κ1) is 20.3. The minimum atomic E-state index is -2.64. The van der Waals surface area contributed by atoms with Crippen LogP contribution in [0.5, 0.6) is 0 Å². The number of alkyl halides is 2. The Balaban J connectivity index is 1.76. The quantitative estimate of drug-likeness (QED) is 0.423. The van der Waals surface area contributed by atoms with Gasteiger partial charge in [-0.2, -0.15) is 8.78 Å². The van der Waals surface area contributed by atoms with Gasteiger partial charge in [0.1, 0.15) is 0 Å². The van der Waals surface area contributed by atoms with Gasteiger partial charge in [0.2, 0.25) is 0 Å². The van der Waals surface area contributed by atoms with Gasteiger partial charge in [-0.25, -0.2) is 5.84 Å².